The molecule has 0 N–H and O–H groups in total. The van der Waals surface area contributed by atoms with Crippen LogP contribution < -0.4 is 19.6 Å². The zero-order valence-corrected chi connectivity index (χ0v) is 24.2. The van der Waals surface area contributed by atoms with E-state index in [0.29, 0.717) is 0 Å². The van der Waals surface area contributed by atoms with Gasteiger partial charge in [0.2, 0.25) is 0 Å². The number of anilines is 6. The van der Waals surface area contributed by atoms with Crippen molar-refractivity contribution in [2.75, 3.05) is 32.9 Å². The van der Waals surface area contributed by atoms with E-state index in [1.54, 1.807) is 0 Å². The summed E-state index contributed by atoms with van der Waals surface area (Å²) in [5, 5.41) is 0. The molecule has 2 aliphatic rings. The van der Waals surface area contributed by atoms with Crippen molar-refractivity contribution in [3.63, 3.8) is 0 Å². The summed E-state index contributed by atoms with van der Waals surface area (Å²) in [7, 11) is 0. The van der Waals surface area contributed by atoms with Gasteiger partial charge >= 0.3 is 0 Å². The lowest BCUT2D eigenvalue weighted by atomic mass is 10.0. The second-order valence-corrected chi connectivity index (χ2v) is 11.4. The van der Waals surface area contributed by atoms with Gasteiger partial charge in [-0.15, -0.1) is 0 Å². The first kappa shape index (κ1) is 25.1. The van der Waals surface area contributed by atoms with Crippen LogP contribution in [0.2, 0.25) is 0 Å². The molecule has 4 aromatic carbocycles. The molecule has 0 spiro atoms. The Morgan fingerprint density at radius 1 is 0.462 bits per heavy atom. The Morgan fingerprint density at radius 2 is 0.949 bits per heavy atom. The molecule has 0 saturated heterocycles. The van der Waals surface area contributed by atoms with Crippen LogP contribution in [-0.4, -0.2) is 13.3 Å². The zero-order valence-electron chi connectivity index (χ0n) is 24.2. The van der Waals surface area contributed by atoms with Crippen molar-refractivity contribution in [2.45, 2.75) is 48.5 Å². The van der Waals surface area contributed by atoms with Gasteiger partial charge in [0.05, 0.1) is 18.0 Å². The number of rotatable bonds is 4. The van der Waals surface area contributed by atoms with Gasteiger partial charge in [0.25, 0.3) is 0 Å². The van der Waals surface area contributed by atoms with E-state index in [1.807, 2.05) is 0 Å². The lowest BCUT2D eigenvalue weighted by molar-refractivity contribution is 0.956. The fourth-order valence-electron chi connectivity index (χ4n) is 6.65. The standard InChI is InChI=1S/C35H38N4/c1-23-14-26(4)34(27(5)15-23)37-13-12-36(21-37)30-18-25(3)19-31(20-30)38-22-39(33-11-9-8-10-32(33)38)35-28(6)16-24(2)17-29(35)7/h8-20H,21-22H2,1-7H3. The zero-order chi connectivity index (χ0) is 27.4. The number of hydrogen-bond donors (Lipinski definition) is 0. The monoisotopic (exact) mass is 514 g/mol. The number of benzene rings is 4. The highest BCUT2D eigenvalue weighted by atomic mass is 15.4. The molecule has 0 bridgehead atoms. The molecule has 39 heavy (non-hydrogen) atoms. The van der Waals surface area contributed by atoms with Gasteiger partial charge in [0.1, 0.15) is 6.67 Å². The number of hydrogen-bond acceptors (Lipinski definition) is 4. The smallest absolute Gasteiger partial charge is 0.100 e. The number of para-hydroxylation sites is 2. The van der Waals surface area contributed by atoms with Crippen LogP contribution in [0.5, 0.6) is 0 Å². The number of nitrogens with zero attached hydrogens (tertiary/aromatic N) is 4. The van der Waals surface area contributed by atoms with E-state index in [2.05, 4.69) is 147 Å². The van der Waals surface area contributed by atoms with Gasteiger partial charge in [-0.3, -0.25) is 0 Å². The first-order valence-electron chi connectivity index (χ1n) is 13.8. The SMILES string of the molecule is Cc1cc(N2C=CN(c3c(C)cc(C)cc3C)C2)cc(N2CN(c3c(C)cc(C)cc3C)c3ccccc32)c1. The molecule has 0 amide bonds. The predicted octanol–water partition coefficient (Wildman–Crippen LogP) is 8.85. The van der Waals surface area contributed by atoms with Gasteiger partial charge in [-0.05, 0) is 107 Å². The predicted molar refractivity (Wildman–Crippen MR) is 167 cm³/mol. The number of fused-ring (bicyclic) bond motifs is 1. The molecule has 0 atom stereocenters. The molecule has 0 aromatic heterocycles. The molecule has 0 aliphatic carbocycles. The van der Waals surface area contributed by atoms with Gasteiger partial charge in [-0.25, -0.2) is 0 Å². The van der Waals surface area contributed by atoms with Crippen LogP contribution in [0.25, 0.3) is 0 Å². The topological polar surface area (TPSA) is 13.0 Å². The lowest BCUT2D eigenvalue weighted by Crippen LogP contribution is -2.27. The van der Waals surface area contributed by atoms with Crippen molar-refractivity contribution in [1.82, 2.24) is 0 Å². The Hall–Kier alpha value is -4.18. The van der Waals surface area contributed by atoms with Crippen LogP contribution in [0.4, 0.5) is 34.1 Å². The quantitative estimate of drug-likeness (QED) is 0.270. The van der Waals surface area contributed by atoms with Gasteiger partial charge in [0.15, 0.2) is 0 Å². The minimum Gasteiger partial charge on any atom is -0.328 e. The van der Waals surface area contributed by atoms with Gasteiger partial charge < -0.3 is 19.6 Å². The van der Waals surface area contributed by atoms with Crippen molar-refractivity contribution in [1.29, 1.82) is 0 Å². The van der Waals surface area contributed by atoms with E-state index in [-0.39, 0.29) is 0 Å². The van der Waals surface area contributed by atoms with Crippen LogP contribution in [-0.2, 0) is 0 Å². The summed E-state index contributed by atoms with van der Waals surface area (Å²) in [4.78, 5) is 9.64. The molecule has 4 aromatic rings. The third kappa shape index (κ3) is 4.44. The maximum Gasteiger partial charge on any atom is 0.100 e. The normalized spacial score (nSPS) is 14.5. The summed E-state index contributed by atoms with van der Waals surface area (Å²) < 4.78 is 0. The Labute approximate surface area is 233 Å². The van der Waals surface area contributed by atoms with Crippen LogP contribution in [0.1, 0.15) is 38.9 Å². The maximum atomic E-state index is 2.47. The first-order chi connectivity index (χ1) is 18.7. The van der Waals surface area contributed by atoms with Crippen molar-refractivity contribution in [2.24, 2.45) is 0 Å². The van der Waals surface area contributed by atoms with Crippen molar-refractivity contribution >= 4 is 34.1 Å². The fraction of sp³-hybridized carbons (Fsp3) is 0.257. The minimum absolute atomic E-state index is 0.788. The lowest BCUT2D eigenvalue weighted by Gasteiger charge is -2.27. The van der Waals surface area contributed by atoms with E-state index in [1.165, 1.54) is 73.1 Å². The summed E-state index contributed by atoms with van der Waals surface area (Å²) in [5.41, 5.74) is 16.7. The minimum atomic E-state index is 0.788. The molecule has 2 heterocycles. The number of aryl methyl sites for hydroxylation is 7. The third-order valence-corrected chi connectivity index (χ3v) is 8.00. The fourth-order valence-corrected chi connectivity index (χ4v) is 6.65. The maximum absolute atomic E-state index is 2.47. The van der Waals surface area contributed by atoms with Crippen molar-refractivity contribution in [3.8, 4) is 0 Å². The summed E-state index contributed by atoms with van der Waals surface area (Å²) in [6, 6.07) is 24.9. The highest BCUT2D eigenvalue weighted by Crippen LogP contribution is 2.46. The van der Waals surface area contributed by atoms with Crippen LogP contribution >= 0.6 is 0 Å². The summed E-state index contributed by atoms with van der Waals surface area (Å²) >= 11 is 0. The molecule has 4 nitrogen and oxygen atoms in total. The molecule has 2 aliphatic heterocycles. The van der Waals surface area contributed by atoms with E-state index in [4.69, 9.17) is 0 Å². The van der Waals surface area contributed by atoms with E-state index < -0.39 is 0 Å². The third-order valence-electron chi connectivity index (χ3n) is 8.00. The van der Waals surface area contributed by atoms with Crippen LogP contribution in [0.3, 0.4) is 0 Å². The van der Waals surface area contributed by atoms with Gasteiger partial charge in [-0.1, -0.05) is 47.5 Å². The Bertz CT molecular complexity index is 1570. The Kier molecular flexibility index (Phi) is 6.14. The summed E-state index contributed by atoms with van der Waals surface area (Å²) in [6.45, 7) is 17.0. The molecule has 4 heteroatoms. The van der Waals surface area contributed by atoms with Crippen LogP contribution in [0, 0.1) is 48.5 Å². The molecule has 0 fully saturated rings. The molecule has 0 saturated carbocycles. The van der Waals surface area contributed by atoms with Crippen molar-refractivity contribution < 1.29 is 0 Å². The summed E-state index contributed by atoms with van der Waals surface area (Å²) in [6.07, 6.45) is 4.42. The van der Waals surface area contributed by atoms with Crippen molar-refractivity contribution in [3.05, 3.63) is 118 Å². The van der Waals surface area contributed by atoms with E-state index in [0.717, 1.165) is 13.3 Å². The second kappa shape index (κ2) is 9.53. The first-order valence-corrected chi connectivity index (χ1v) is 13.8. The van der Waals surface area contributed by atoms with Gasteiger partial charge in [-0.2, -0.15) is 0 Å². The van der Waals surface area contributed by atoms with E-state index >= 15 is 0 Å². The van der Waals surface area contributed by atoms with Crippen LogP contribution in [0.15, 0.2) is 79.1 Å². The molecule has 0 radical (unpaired) electrons. The Morgan fingerprint density at radius 3 is 1.56 bits per heavy atom. The Balaban J connectivity index is 1.34. The highest BCUT2D eigenvalue weighted by molar-refractivity contribution is 5.89. The average Bonchev–Trinajstić information content (AvgIpc) is 3.49. The molecule has 198 valence electrons. The van der Waals surface area contributed by atoms with Gasteiger partial charge in [0, 0.05) is 35.1 Å². The average molecular weight is 515 g/mol. The largest absolute Gasteiger partial charge is 0.328 e. The molecule has 6 rings (SSSR count). The highest BCUT2D eigenvalue weighted by Gasteiger charge is 2.30. The second-order valence-electron chi connectivity index (χ2n) is 11.4. The molecule has 0 unspecified atom stereocenters. The van der Waals surface area contributed by atoms with E-state index in [9.17, 15) is 0 Å². The molecular formula is C35H38N4. The molecular weight excluding hydrogens is 476 g/mol. The summed E-state index contributed by atoms with van der Waals surface area (Å²) in [5.74, 6) is 0.